The predicted molar refractivity (Wildman–Crippen MR) is 140 cm³/mol. The minimum Gasteiger partial charge on any atom is -0.481 e. The molecule has 0 spiro atoms. The summed E-state index contributed by atoms with van der Waals surface area (Å²) in [6.45, 7) is 13.2. The molecular weight excluding hydrogens is 420 g/mol. The van der Waals surface area contributed by atoms with Gasteiger partial charge >= 0.3 is 5.97 Å². The average Bonchev–Trinajstić information content (AvgIpc) is 3.13. The van der Waals surface area contributed by atoms with Gasteiger partial charge in [-0.2, -0.15) is 0 Å². The average molecular weight is 473 g/mol. The number of rotatable bonds is 10. The van der Waals surface area contributed by atoms with Crippen LogP contribution in [0.1, 0.15) is 118 Å². The van der Waals surface area contributed by atoms with Crippen molar-refractivity contribution in [2.75, 3.05) is 6.61 Å². The maximum Gasteiger partial charge on any atom is 0.303 e. The van der Waals surface area contributed by atoms with E-state index in [1.807, 2.05) is 0 Å². The Hall–Kier alpha value is -0.830. The lowest BCUT2D eigenvalue weighted by Gasteiger charge is -2.58. The lowest BCUT2D eigenvalue weighted by Crippen LogP contribution is -2.51. The zero-order chi connectivity index (χ0) is 24.5. The molecule has 0 aromatic carbocycles. The SMILES string of the molecule is CC(C)CCC[C@@H](C)[C@H]1CC[C@H]2[C@@H]3CC=C4CC(OCCCC(=O)O)CC[C@]4(C)[C@H]3CC[C@]12C. The topological polar surface area (TPSA) is 46.5 Å². The Kier molecular flexibility index (Phi) is 8.22. The fourth-order valence-corrected chi connectivity index (χ4v) is 9.27. The molecule has 0 aromatic rings. The first-order valence-electron chi connectivity index (χ1n) is 14.7. The van der Waals surface area contributed by atoms with Gasteiger partial charge in [-0.05, 0) is 104 Å². The number of aliphatic carboxylic acids is 1. The van der Waals surface area contributed by atoms with Crippen molar-refractivity contribution in [1.29, 1.82) is 0 Å². The summed E-state index contributed by atoms with van der Waals surface area (Å²) < 4.78 is 6.13. The van der Waals surface area contributed by atoms with Crippen molar-refractivity contribution in [3.8, 4) is 0 Å². The van der Waals surface area contributed by atoms with Crippen molar-refractivity contribution in [3.63, 3.8) is 0 Å². The highest BCUT2D eigenvalue weighted by Gasteiger charge is 2.59. The Labute approximate surface area is 209 Å². The molecular formula is C31H52O3. The second kappa shape index (κ2) is 10.7. The number of carboxylic acids is 1. The molecule has 3 fully saturated rings. The van der Waals surface area contributed by atoms with E-state index in [4.69, 9.17) is 9.84 Å². The molecule has 3 nitrogen and oxygen atoms in total. The molecule has 0 amide bonds. The molecule has 0 aliphatic heterocycles. The molecule has 0 bridgehead atoms. The van der Waals surface area contributed by atoms with Crippen LogP contribution < -0.4 is 0 Å². The van der Waals surface area contributed by atoms with Gasteiger partial charge < -0.3 is 9.84 Å². The monoisotopic (exact) mass is 472 g/mol. The van der Waals surface area contributed by atoms with Gasteiger partial charge in [0.15, 0.2) is 0 Å². The fourth-order valence-electron chi connectivity index (χ4n) is 9.27. The maximum atomic E-state index is 10.8. The summed E-state index contributed by atoms with van der Waals surface area (Å²) in [6.07, 6.45) is 18.5. The maximum absolute atomic E-state index is 10.8. The lowest BCUT2D eigenvalue weighted by molar-refractivity contribution is -0.137. The third kappa shape index (κ3) is 5.16. The number of ether oxygens (including phenoxy) is 1. The van der Waals surface area contributed by atoms with Crippen molar-refractivity contribution >= 4 is 5.97 Å². The van der Waals surface area contributed by atoms with E-state index >= 15 is 0 Å². The minimum absolute atomic E-state index is 0.217. The summed E-state index contributed by atoms with van der Waals surface area (Å²) in [5.74, 6) is 4.58. The van der Waals surface area contributed by atoms with E-state index in [0.717, 1.165) is 48.3 Å². The van der Waals surface area contributed by atoms with Crippen LogP contribution in [0.4, 0.5) is 0 Å². The molecule has 0 saturated heterocycles. The van der Waals surface area contributed by atoms with Gasteiger partial charge in [0.25, 0.3) is 0 Å². The Morgan fingerprint density at radius 1 is 1.06 bits per heavy atom. The molecule has 194 valence electrons. The van der Waals surface area contributed by atoms with Crippen molar-refractivity contribution in [3.05, 3.63) is 11.6 Å². The summed E-state index contributed by atoms with van der Waals surface area (Å²) in [5.41, 5.74) is 2.60. The molecule has 0 radical (unpaired) electrons. The van der Waals surface area contributed by atoms with Crippen LogP contribution in [0.3, 0.4) is 0 Å². The Morgan fingerprint density at radius 2 is 1.85 bits per heavy atom. The van der Waals surface area contributed by atoms with Crippen LogP contribution in [0.15, 0.2) is 11.6 Å². The van der Waals surface area contributed by atoms with Crippen molar-refractivity contribution < 1.29 is 14.6 Å². The number of hydrogen-bond acceptors (Lipinski definition) is 2. The quantitative estimate of drug-likeness (QED) is 0.257. The van der Waals surface area contributed by atoms with E-state index in [1.165, 1.54) is 57.8 Å². The Balaban J connectivity index is 1.38. The van der Waals surface area contributed by atoms with Gasteiger partial charge in [-0.25, -0.2) is 0 Å². The molecule has 0 heterocycles. The van der Waals surface area contributed by atoms with Gasteiger partial charge in [-0.1, -0.05) is 65.5 Å². The molecule has 4 rings (SSSR count). The first-order valence-corrected chi connectivity index (χ1v) is 14.7. The van der Waals surface area contributed by atoms with Gasteiger partial charge in [-0.15, -0.1) is 0 Å². The van der Waals surface area contributed by atoms with E-state index in [9.17, 15) is 4.79 Å². The van der Waals surface area contributed by atoms with Crippen molar-refractivity contribution in [2.45, 2.75) is 124 Å². The summed E-state index contributed by atoms with van der Waals surface area (Å²) >= 11 is 0. The molecule has 0 aromatic heterocycles. The van der Waals surface area contributed by atoms with Crippen LogP contribution in [-0.2, 0) is 9.53 Å². The van der Waals surface area contributed by atoms with Crippen molar-refractivity contribution in [2.24, 2.45) is 46.3 Å². The molecule has 3 saturated carbocycles. The Morgan fingerprint density at radius 3 is 2.59 bits per heavy atom. The van der Waals surface area contributed by atoms with E-state index in [1.54, 1.807) is 5.57 Å². The molecule has 1 unspecified atom stereocenters. The predicted octanol–water partition coefficient (Wildman–Crippen LogP) is 8.28. The van der Waals surface area contributed by atoms with Crippen LogP contribution in [0.5, 0.6) is 0 Å². The van der Waals surface area contributed by atoms with Gasteiger partial charge in [0, 0.05) is 13.0 Å². The second-order valence-electron chi connectivity index (χ2n) is 13.5. The van der Waals surface area contributed by atoms with E-state index < -0.39 is 5.97 Å². The first-order chi connectivity index (χ1) is 16.1. The third-order valence-electron chi connectivity index (χ3n) is 11.1. The number of hydrogen-bond donors (Lipinski definition) is 1. The number of allylic oxidation sites excluding steroid dienone is 1. The number of fused-ring (bicyclic) bond motifs is 5. The van der Waals surface area contributed by atoms with E-state index in [2.05, 4.69) is 40.7 Å². The summed E-state index contributed by atoms with van der Waals surface area (Å²) in [5, 5.41) is 8.87. The molecule has 4 aliphatic carbocycles. The molecule has 3 heteroatoms. The molecule has 1 N–H and O–H groups in total. The normalized spacial score (nSPS) is 40.3. The van der Waals surface area contributed by atoms with Crippen LogP contribution in [0.2, 0.25) is 0 Å². The number of carboxylic acid groups (broad SMARTS) is 1. The van der Waals surface area contributed by atoms with Gasteiger partial charge in [-0.3, -0.25) is 4.79 Å². The fraction of sp³-hybridized carbons (Fsp3) is 0.903. The highest BCUT2D eigenvalue weighted by molar-refractivity contribution is 5.66. The van der Waals surface area contributed by atoms with Crippen LogP contribution in [0, 0.1) is 46.3 Å². The standard InChI is InChI=1S/C31H52O3/c1-21(2)8-6-9-22(3)26-13-14-27-25-12-11-23-20-24(34-19-7-10-29(32)33)15-17-30(23,4)28(25)16-18-31(26,27)5/h11,21-22,24-28H,6-10,12-20H2,1-5H3,(H,32,33)/t22-,24?,25+,26-,27+,28+,30+,31-/m1/s1. The largest absolute Gasteiger partial charge is 0.481 e. The minimum atomic E-state index is -0.718. The van der Waals surface area contributed by atoms with Crippen LogP contribution in [-0.4, -0.2) is 23.8 Å². The smallest absolute Gasteiger partial charge is 0.303 e. The summed E-state index contributed by atoms with van der Waals surface area (Å²) in [6, 6.07) is 0. The molecule has 4 aliphatic rings. The van der Waals surface area contributed by atoms with E-state index in [-0.39, 0.29) is 6.42 Å². The van der Waals surface area contributed by atoms with Gasteiger partial charge in [0.2, 0.25) is 0 Å². The zero-order valence-electron chi connectivity index (χ0n) is 22.8. The van der Waals surface area contributed by atoms with Crippen LogP contribution >= 0.6 is 0 Å². The van der Waals surface area contributed by atoms with Crippen LogP contribution in [0.25, 0.3) is 0 Å². The lowest BCUT2D eigenvalue weighted by atomic mass is 9.47. The van der Waals surface area contributed by atoms with Gasteiger partial charge in [0.1, 0.15) is 0 Å². The molecule has 34 heavy (non-hydrogen) atoms. The first kappa shape index (κ1) is 26.2. The highest BCUT2D eigenvalue weighted by Crippen LogP contribution is 2.67. The summed E-state index contributed by atoms with van der Waals surface area (Å²) in [4.78, 5) is 10.8. The van der Waals surface area contributed by atoms with E-state index in [0.29, 0.717) is 30.0 Å². The summed E-state index contributed by atoms with van der Waals surface area (Å²) in [7, 11) is 0. The molecule has 8 atom stereocenters. The zero-order valence-corrected chi connectivity index (χ0v) is 22.8. The van der Waals surface area contributed by atoms with Gasteiger partial charge in [0.05, 0.1) is 6.10 Å². The Bertz CT molecular complexity index is 741. The highest BCUT2D eigenvalue weighted by atomic mass is 16.5. The second-order valence-corrected chi connectivity index (χ2v) is 13.5. The van der Waals surface area contributed by atoms with Crippen molar-refractivity contribution in [1.82, 2.24) is 0 Å². The number of carbonyl (C=O) groups is 1. The third-order valence-corrected chi connectivity index (χ3v) is 11.1.